The van der Waals surface area contributed by atoms with Crippen LogP contribution in [-0.4, -0.2) is 31.2 Å². The number of nitrogens with zero attached hydrogens (tertiary/aromatic N) is 2. The molecule has 0 aromatic heterocycles. The number of nitroso groups, excluding NO2 is 1. The first kappa shape index (κ1) is 17.3. The number of hydrogen-bond acceptors (Lipinski definition) is 4. The summed E-state index contributed by atoms with van der Waals surface area (Å²) in [5.74, 6) is 0. The van der Waals surface area contributed by atoms with E-state index in [2.05, 4.69) is 22.1 Å². The molecule has 0 saturated carbocycles. The van der Waals surface area contributed by atoms with Crippen molar-refractivity contribution >= 4 is 12.1 Å². The standard InChI is InChI=1S/C2H5N3O2.C2H6N2O.CH4/c1-5(4-7)2(3)6;1-4-2(3)5;/h1H3,(H2,3,6);1H3,(H3,3,4,5);1H4. The molecule has 0 aromatic carbocycles. The van der Waals surface area contributed by atoms with E-state index in [1.54, 1.807) is 0 Å². The number of rotatable bonds is 1. The van der Waals surface area contributed by atoms with E-state index in [1.807, 2.05) is 0 Å². The smallest absolute Gasteiger partial charge is 0.337 e. The molecule has 0 heterocycles. The van der Waals surface area contributed by atoms with Crippen molar-refractivity contribution in [3.8, 4) is 0 Å². The largest absolute Gasteiger partial charge is 0.352 e. The molecule has 0 spiro atoms. The Morgan fingerprint density at radius 3 is 1.69 bits per heavy atom. The minimum atomic E-state index is -0.852. The fourth-order valence-electron chi connectivity index (χ4n) is 0.0402. The van der Waals surface area contributed by atoms with E-state index >= 15 is 0 Å². The van der Waals surface area contributed by atoms with Crippen LogP contribution >= 0.6 is 0 Å². The average molecular weight is 193 g/mol. The summed E-state index contributed by atoms with van der Waals surface area (Å²) in [6, 6.07) is -1.35. The minimum Gasteiger partial charge on any atom is -0.352 e. The molecule has 78 valence electrons. The Labute approximate surface area is 76.2 Å². The van der Waals surface area contributed by atoms with Crippen LogP contribution in [0.15, 0.2) is 5.29 Å². The summed E-state index contributed by atoms with van der Waals surface area (Å²) in [6.07, 6.45) is 0. The van der Waals surface area contributed by atoms with Gasteiger partial charge in [-0.05, 0) is 0 Å². The van der Waals surface area contributed by atoms with Gasteiger partial charge in [-0.3, -0.25) is 0 Å². The summed E-state index contributed by atoms with van der Waals surface area (Å²) in [5.41, 5.74) is 9.08. The maximum absolute atomic E-state index is 9.78. The summed E-state index contributed by atoms with van der Waals surface area (Å²) in [5, 5.41) is 4.86. The zero-order chi connectivity index (χ0) is 10.1. The predicted molar refractivity (Wildman–Crippen MR) is 48.5 cm³/mol. The van der Waals surface area contributed by atoms with Crippen molar-refractivity contribution in [2.45, 2.75) is 7.43 Å². The Hall–Kier alpha value is -1.86. The van der Waals surface area contributed by atoms with Crippen molar-refractivity contribution in [1.29, 1.82) is 0 Å². The quantitative estimate of drug-likeness (QED) is 0.386. The van der Waals surface area contributed by atoms with Gasteiger partial charge in [-0.25, -0.2) is 9.59 Å². The Morgan fingerprint density at radius 1 is 1.38 bits per heavy atom. The van der Waals surface area contributed by atoms with Crippen LogP contribution < -0.4 is 16.8 Å². The molecule has 0 aliphatic heterocycles. The predicted octanol–water partition coefficient (Wildman–Crippen LogP) is -0.401. The first-order chi connectivity index (χ1) is 5.45. The second kappa shape index (κ2) is 10.1. The molecule has 8 heteroatoms. The molecule has 5 N–H and O–H groups in total. The van der Waals surface area contributed by atoms with Crippen molar-refractivity contribution in [1.82, 2.24) is 10.3 Å². The van der Waals surface area contributed by atoms with Crippen molar-refractivity contribution in [3.63, 3.8) is 0 Å². The van der Waals surface area contributed by atoms with Crippen LogP contribution in [0.3, 0.4) is 0 Å². The lowest BCUT2D eigenvalue weighted by molar-refractivity contribution is 0.220. The molecule has 0 unspecified atom stereocenters. The second-order valence-electron chi connectivity index (χ2n) is 1.56. The van der Waals surface area contributed by atoms with E-state index in [0.29, 0.717) is 5.01 Å². The lowest BCUT2D eigenvalue weighted by Crippen LogP contribution is -2.26. The van der Waals surface area contributed by atoms with Gasteiger partial charge in [-0.15, -0.1) is 4.91 Å². The number of carbonyl (C=O) groups is 2. The first-order valence-electron chi connectivity index (χ1n) is 2.79. The topological polar surface area (TPSA) is 131 Å². The third-order valence-electron chi connectivity index (χ3n) is 0.688. The number of primary amides is 2. The van der Waals surface area contributed by atoms with Gasteiger partial charge in [0.2, 0.25) is 0 Å². The van der Waals surface area contributed by atoms with E-state index in [9.17, 15) is 14.5 Å². The van der Waals surface area contributed by atoms with Gasteiger partial charge in [0.05, 0.1) is 5.29 Å². The lowest BCUT2D eigenvalue weighted by Gasteiger charge is -1.97. The molecular weight excluding hydrogens is 178 g/mol. The van der Waals surface area contributed by atoms with E-state index in [0.717, 1.165) is 0 Å². The van der Waals surface area contributed by atoms with Crippen LogP contribution in [0.2, 0.25) is 0 Å². The van der Waals surface area contributed by atoms with Crippen LogP contribution in [0, 0.1) is 4.91 Å². The molecule has 0 rings (SSSR count). The van der Waals surface area contributed by atoms with Crippen LogP contribution in [0.25, 0.3) is 0 Å². The van der Waals surface area contributed by atoms with E-state index in [4.69, 9.17) is 0 Å². The fourth-order valence-corrected chi connectivity index (χ4v) is 0.0402. The van der Waals surface area contributed by atoms with Gasteiger partial charge in [-0.1, -0.05) is 7.43 Å². The Kier molecular flexibility index (Phi) is 13.5. The molecule has 0 aliphatic carbocycles. The molecule has 0 atom stereocenters. The number of amides is 4. The summed E-state index contributed by atoms with van der Waals surface area (Å²) in [7, 11) is 2.65. The Bertz CT molecular complexity index is 172. The van der Waals surface area contributed by atoms with Crippen molar-refractivity contribution in [2.24, 2.45) is 16.8 Å². The highest BCUT2D eigenvalue weighted by Crippen LogP contribution is 1.76. The Morgan fingerprint density at radius 2 is 1.69 bits per heavy atom. The van der Waals surface area contributed by atoms with Crippen LogP contribution in [0.4, 0.5) is 9.59 Å². The number of nitrogens with one attached hydrogen (secondary N) is 1. The zero-order valence-corrected chi connectivity index (χ0v) is 6.77. The molecule has 0 saturated heterocycles. The third-order valence-corrected chi connectivity index (χ3v) is 0.688. The van der Waals surface area contributed by atoms with E-state index in [-0.39, 0.29) is 7.43 Å². The van der Waals surface area contributed by atoms with Crippen LogP contribution in [-0.2, 0) is 0 Å². The Balaban J connectivity index is -0.000000150. The third kappa shape index (κ3) is 17.8. The highest BCUT2D eigenvalue weighted by Gasteiger charge is 1.97. The SMILES string of the molecule is C.CN(N=O)C(N)=O.CNC(N)=O. The van der Waals surface area contributed by atoms with Gasteiger partial charge < -0.3 is 16.8 Å². The molecule has 0 bridgehead atoms. The minimum absolute atomic E-state index is 0. The summed E-state index contributed by atoms with van der Waals surface area (Å²) < 4.78 is 0. The average Bonchev–Trinajstić information content (AvgIpc) is 2.04. The summed E-state index contributed by atoms with van der Waals surface area (Å²) in [6.45, 7) is 0. The fraction of sp³-hybridized carbons (Fsp3) is 0.600. The molecule has 13 heavy (non-hydrogen) atoms. The van der Waals surface area contributed by atoms with Crippen molar-refractivity contribution in [2.75, 3.05) is 14.1 Å². The van der Waals surface area contributed by atoms with E-state index in [1.165, 1.54) is 14.1 Å². The van der Waals surface area contributed by atoms with Crippen molar-refractivity contribution in [3.05, 3.63) is 4.91 Å². The van der Waals surface area contributed by atoms with Crippen molar-refractivity contribution < 1.29 is 9.59 Å². The van der Waals surface area contributed by atoms with Crippen LogP contribution in [0.1, 0.15) is 7.43 Å². The number of nitrogens with two attached hydrogens (primary N) is 2. The zero-order valence-electron chi connectivity index (χ0n) is 6.77. The molecule has 0 aliphatic rings. The van der Waals surface area contributed by atoms with Gasteiger partial charge >= 0.3 is 12.1 Å². The summed E-state index contributed by atoms with van der Waals surface area (Å²) >= 11 is 0. The molecule has 0 radical (unpaired) electrons. The van der Waals surface area contributed by atoms with Gasteiger partial charge in [0.25, 0.3) is 0 Å². The van der Waals surface area contributed by atoms with Gasteiger partial charge in [-0.2, -0.15) is 5.01 Å². The monoisotopic (exact) mass is 193 g/mol. The highest BCUT2D eigenvalue weighted by molar-refractivity contribution is 5.71. The number of hydrogen-bond donors (Lipinski definition) is 3. The lowest BCUT2D eigenvalue weighted by atomic mass is 11.0. The van der Waals surface area contributed by atoms with Gasteiger partial charge in [0.15, 0.2) is 0 Å². The van der Waals surface area contributed by atoms with Crippen LogP contribution in [0.5, 0.6) is 0 Å². The summed E-state index contributed by atoms with van der Waals surface area (Å²) in [4.78, 5) is 28.6. The molecule has 0 fully saturated rings. The van der Waals surface area contributed by atoms with Gasteiger partial charge in [0, 0.05) is 14.1 Å². The maximum Gasteiger partial charge on any atom is 0.337 e. The molecule has 0 aromatic rings. The number of carbonyl (C=O) groups excluding carboxylic acids is 2. The molecule has 8 nitrogen and oxygen atoms in total. The maximum atomic E-state index is 9.78. The molecular formula is C5H15N5O3. The molecule has 4 amide bonds. The van der Waals surface area contributed by atoms with E-state index < -0.39 is 12.1 Å². The normalized spacial score (nSPS) is 6.62. The van der Waals surface area contributed by atoms with Gasteiger partial charge in [0.1, 0.15) is 0 Å². The number of urea groups is 2. The first-order valence-corrected chi connectivity index (χ1v) is 2.79. The second-order valence-corrected chi connectivity index (χ2v) is 1.56. The highest BCUT2D eigenvalue weighted by atomic mass is 16.3.